The number of anilines is 4. The molecule has 0 aliphatic heterocycles. The molecule has 4 N–H and O–H groups in total. The zero-order valence-corrected chi connectivity index (χ0v) is 14.9. The van der Waals surface area contributed by atoms with Gasteiger partial charge in [0.25, 0.3) is 0 Å². The first-order valence-corrected chi connectivity index (χ1v) is 7.76. The monoisotopic (exact) mass is 370 g/mol. The van der Waals surface area contributed by atoms with E-state index < -0.39 is 11.7 Å². The smallest absolute Gasteiger partial charge is 0.421 e. The summed E-state index contributed by atoms with van der Waals surface area (Å²) < 4.78 is 44.3. The molecule has 142 valence electrons. The summed E-state index contributed by atoms with van der Waals surface area (Å²) in [5, 5.41) is 11.5. The minimum atomic E-state index is -4.54. The molecule has 0 bridgehead atoms. The standard InChI is InChI=1S/C16H21F3N6O/c1-20-7-9-5-6-11(13(26-4)12(9)21-2)24-15-23-8-10(16(17,18)19)14(22-3)25-15/h5-6,8,20-21H,7H2,1-4H3,(H2,22,23,24,25). The van der Waals surface area contributed by atoms with Crippen molar-refractivity contribution >= 4 is 23.1 Å². The number of alkyl halides is 3. The Kier molecular flexibility index (Phi) is 6.09. The summed E-state index contributed by atoms with van der Waals surface area (Å²) in [5.41, 5.74) is 1.32. The molecule has 10 heteroatoms. The molecule has 1 aromatic heterocycles. The number of nitrogens with zero attached hydrogens (tertiary/aromatic N) is 2. The summed E-state index contributed by atoms with van der Waals surface area (Å²) in [6, 6.07) is 3.63. The summed E-state index contributed by atoms with van der Waals surface area (Å²) in [6.45, 7) is 0.619. The first kappa shape index (κ1) is 19.6. The number of aromatic nitrogens is 2. The molecule has 0 radical (unpaired) electrons. The van der Waals surface area contributed by atoms with Gasteiger partial charge in [-0.05, 0) is 18.7 Å². The van der Waals surface area contributed by atoms with Crippen LogP contribution in [-0.4, -0.2) is 38.2 Å². The fraction of sp³-hybridized carbons (Fsp3) is 0.375. The summed E-state index contributed by atoms with van der Waals surface area (Å²) in [6.07, 6.45) is -3.80. The summed E-state index contributed by atoms with van der Waals surface area (Å²) in [5.74, 6) is 0.216. The summed E-state index contributed by atoms with van der Waals surface area (Å²) in [7, 11) is 6.46. The Morgan fingerprint density at radius 3 is 2.38 bits per heavy atom. The van der Waals surface area contributed by atoms with E-state index in [0.717, 1.165) is 17.4 Å². The number of rotatable bonds is 7. The molecular formula is C16H21F3N6O. The first-order chi connectivity index (χ1) is 12.3. The third-order valence-corrected chi connectivity index (χ3v) is 3.64. The van der Waals surface area contributed by atoms with Gasteiger partial charge in [-0.25, -0.2) is 4.98 Å². The highest BCUT2D eigenvalue weighted by Crippen LogP contribution is 2.38. The normalized spacial score (nSPS) is 11.2. The van der Waals surface area contributed by atoms with Crippen LogP contribution in [0.4, 0.5) is 36.3 Å². The number of halogens is 3. The highest BCUT2D eigenvalue weighted by molar-refractivity contribution is 5.76. The van der Waals surface area contributed by atoms with Gasteiger partial charge < -0.3 is 26.0 Å². The van der Waals surface area contributed by atoms with Crippen molar-refractivity contribution in [2.45, 2.75) is 12.7 Å². The van der Waals surface area contributed by atoms with Crippen molar-refractivity contribution in [2.75, 3.05) is 44.2 Å². The second-order valence-corrected chi connectivity index (χ2v) is 5.29. The van der Waals surface area contributed by atoms with E-state index in [1.54, 1.807) is 13.1 Å². The maximum absolute atomic E-state index is 13.0. The maximum Gasteiger partial charge on any atom is 0.421 e. The highest BCUT2D eigenvalue weighted by Gasteiger charge is 2.35. The Morgan fingerprint density at radius 1 is 1.12 bits per heavy atom. The second-order valence-electron chi connectivity index (χ2n) is 5.29. The van der Waals surface area contributed by atoms with Crippen LogP contribution < -0.4 is 26.0 Å². The predicted molar refractivity (Wildman–Crippen MR) is 95.2 cm³/mol. The van der Waals surface area contributed by atoms with Gasteiger partial charge in [-0.15, -0.1) is 0 Å². The van der Waals surface area contributed by atoms with Gasteiger partial charge >= 0.3 is 6.18 Å². The molecule has 26 heavy (non-hydrogen) atoms. The summed E-state index contributed by atoms with van der Waals surface area (Å²) >= 11 is 0. The van der Waals surface area contributed by atoms with Crippen LogP contribution in [0.2, 0.25) is 0 Å². The van der Waals surface area contributed by atoms with Crippen molar-refractivity contribution in [3.8, 4) is 5.75 Å². The average molecular weight is 370 g/mol. The Hall–Kier alpha value is -2.75. The number of benzene rings is 1. The van der Waals surface area contributed by atoms with Crippen LogP contribution in [0.25, 0.3) is 0 Å². The lowest BCUT2D eigenvalue weighted by Gasteiger charge is -2.18. The second kappa shape index (κ2) is 8.09. The van der Waals surface area contributed by atoms with Crippen molar-refractivity contribution in [1.82, 2.24) is 15.3 Å². The molecule has 0 spiro atoms. The topological polar surface area (TPSA) is 83.1 Å². The molecule has 2 rings (SSSR count). The molecule has 0 amide bonds. The molecule has 0 aliphatic rings. The Morgan fingerprint density at radius 2 is 1.85 bits per heavy atom. The number of nitrogens with one attached hydrogen (secondary N) is 4. The van der Waals surface area contributed by atoms with Crippen molar-refractivity contribution in [3.05, 3.63) is 29.5 Å². The average Bonchev–Trinajstić information content (AvgIpc) is 2.61. The third kappa shape index (κ3) is 4.07. The number of methoxy groups -OCH3 is 1. The third-order valence-electron chi connectivity index (χ3n) is 3.64. The molecule has 0 unspecified atom stereocenters. The lowest BCUT2D eigenvalue weighted by atomic mass is 10.1. The Bertz CT molecular complexity index is 766. The van der Waals surface area contributed by atoms with Gasteiger partial charge in [0, 0.05) is 26.8 Å². The lowest BCUT2D eigenvalue weighted by molar-refractivity contribution is -0.137. The summed E-state index contributed by atoms with van der Waals surface area (Å²) in [4.78, 5) is 7.67. The van der Waals surface area contributed by atoms with E-state index in [9.17, 15) is 13.2 Å². The van der Waals surface area contributed by atoms with Crippen molar-refractivity contribution in [3.63, 3.8) is 0 Å². The molecule has 1 heterocycles. The maximum atomic E-state index is 13.0. The molecule has 0 fully saturated rings. The fourth-order valence-corrected chi connectivity index (χ4v) is 2.51. The van der Waals surface area contributed by atoms with Crippen LogP contribution in [-0.2, 0) is 12.7 Å². The van der Waals surface area contributed by atoms with Crippen LogP contribution in [0, 0.1) is 0 Å². The zero-order chi connectivity index (χ0) is 19.3. The molecule has 0 aliphatic carbocycles. The van der Waals surface area contributed by atoms with E-state index >= 15 is 0 Å². The lowest BCUT2D eigenvalue weighted by Crippen LogP contribution is -2.13. The van der Waals surface area contributed by atoms with Gasteiger partial charge in [0.05, 0.1) is 18.5 Å². The number of ether oxygens (including phenoxy) is 1. The number of hydrogen-bond donors (Lipinski definition) is 4. The molecule has 2 aromatic rings. The van der Waals surface area contributed by atoms with E-state index in [-0.39, 0.29) is 11.8 Å². The van der Waals surface area contributed by atoms with Crippen molar-refractivity contribution < 1.29 is 17.9 Å². The molecule has 0 atom stereocenters. The quantitative estimate of drug-likeness (QED) is 0.596. The van der Waals surface area contributed by atoms with Crippen LogP contribution >= 0.6 is 0 Å². The largest absolute Gasteiger partial charge is 0.492 e. The SMILES string of the molecule is CNCc1ccc(Nc2ncc(C(F)(F)F)c(NC)n2)c(OC)c1NC. The van der Waals surface area contributed by atoms with Gasteiger partial charge in [-0.1, -0.05) is 6.07 Å². The minimum Gasteiger partial charge on any atom is -0.492 e. The van der Waals surface area contributed by atoms with Crippen LogP contribution in [0.15, 0.2) is 18.3 Å². The molecule has 7 nitrogen and oxygen atoms in total. The Balaban J connectivity index is 2.42. The van der Waals surface area contributed by atoms with E-state index in [1.807, 2.05) is 13.1 Å². The highest BCUT2D eigenvalue weighted by atomic mass is 19.4. The van der Waals surface area contributed by atoms with Crippen LogP contribution in [0.1, 0.15) is 11.1 Å². The molecule has 1 aromatic carbocycles. The van der Waals surface area contributed by atoms with Gasteiger partial charge in [0.15, 0.2) is 5.75 Å². The first-order valence-electron chi connectivity index (χ1n) is 7.76. The number of hydrogen-bond acceptors (Lipinski definition) is 7. The fourth-order valence-electron chi connectivity index (χ4n) is 2.51. The van der Waals surface area contributed by atoms with E-state index in [4.69, 9.17) is 4.74 Å². The van der Waals surface area contributed by atoms with E-state index in [1.165, 1.54) is 14.2 Å². The van der Waals surface area contributed by atoms with Gasteiger partial charge in [-0.3, -0.25) is 0 Å². The minimum absolute atomic E-state index is 0.0177. The van der Waals surface area contributed by atoms with Gasteiger partial charge in [0.2, 0.25) is 5.95 Å². The Labute approximate surface area is 149 Å². The van der Waals surface area contributed by atoms with E-state index in [0.29, 0.717) is 18.0 Å². The van der Waals surface area contributed by atoms with Crippen molar-refractivity contribution in [1.29, 1.82) is 0 Å². The van der Waals surface area contributed by atoms with Crippen LogP contribution in [0.3, 0.4) is 0 Å². The van der Waals surface area contributed by atoms with Crippen molar-refractivity contribution in [2.24, 2.45) is 0 Å². The van der Waals surface area contributed by atoms with Gasteiger partial charge in [-0.2, -0.15) is 18.2 Å². The molecular weight excluding hydrogens is 349 g/mol. The molecule has 0 saturated carbocycles. The predicted octanol–water partition coefficient (Wildman–Crippen LogP) is 3.05. The van der Waals surface area contributed by atoms with Gasteiger partial charge in [0.1, 0.15) is 11.4 Å². The molecule has 0 saturated heterocycles. The zero-order valence-electron chi connectivity index (χ0n) is 14.9. The van der Waals surface area contributed by atoms with E-state index in [2.05, 4.69) is 31.2 Å². The van der Waals surface area contributed by atoms with Crippen LogP contribution in [0.5, 0.6) is 5.75 Å².